The Morgan fingerprint density at radius 2 is 1.91 bits per heavy atom. The number of methoxy groups -OCH3 is 2. The van der Waals surface area contributed by atoms with Crippen molar-refractivity contribution in [3.05, 3.63) is 0 Å². The van der Waals surface area contributed by atoms with Crippen molar-refractivity contribution in [3.63, 3.8) is 0 Å². The minimum Gasteiger partial charge on any atom is -0.378 e. The summed E-state index contributed by atoms with van der Waals surface area (Å²) in [5.74, 6) is 0. The van der Waals surface area contributed by atoms with E-state index < -0.39 is 6.29 Å². The summed E-state index contributed by atoms with van der Waals surface area (Å²) < 4.78 is 15.1. The summed E-state index contributed by atoms with van der Waals surface area (Å²) in [5.41, 5.74) is 0. The van der Waals surface area contributed by atoms with E-state index in [1.54, 1.807) is 14.2 Å². The first-order chi connectivity index (χ1) is 5.27. The summed E-state index contributed by atoms with van der Waals surface area (Å²) in [7, 11) is 3.21. The summed E-state index contributed by atoms with van der Waals surface area (Å²) in [6.45, 7) is 0.399. The molecule has 1 aliphatic rings. The highest BCUT2D eigenvalue weighted by Crippen LogP contribution is 2.16. The second-order valence-corrected chi connectivity index (χ2v) is 2.57. The lowest BCUT2D eigenvalue weighted by molar-refractivity contribution is -0.206. The number of rotatable bonds is 2. The molecule has 11 heavy (non-hydrogen) atoms. The summed E-state index contributed by atoms with van der Waals surface area (Å²) in [5, 5.41) is 9.07. The quantitative estimate of drug-likeness (QED) is 0.608. The molecule has 0 bridgehead atoms. The molecule has 0 aliphatic carbocycles. The van der Waals surface area contributed by atoms with E-state index in [9.17, 15) is 0 Å². The summed E-state index contributed by atoms with van der Waals surface area (Å²) in [4.78, 5) is 0. The Labute approximate surface area is 66.1 Å². The molecule has 1 rings (SSSR count). The maximum absolute atomic E-state index is 9.07. The van der Waals surface area contributed by atoms with Gasteiger partial charge in [-0.25, -0.2) is 0 Å². The lowest BCUT2D eigenvalue weighted by atomic mass is 10.1. The first-order valence-corrected chi connectivity index (χ1v) is 3.63. The van der Waals surface area contributed by atoms with Crippen LogP contribution in [-0.2, 0) is 14.2 Å². The predicted octanol–water partition coefficient (Wildman–Crippen LogP) is -0.245. The van der Waals surface area contributed by atoms with Crippen LogP contribution in [0.1, 0.15) is 6.42 Å². The number of aliphatic hydroxyl groups excluding tert-OH is 1. The largest absolute Gasteiger partial charge is 0.378 e. The normalized spacial score (nSPS) is 39.0. The second kappa shape index (κ2) is 4.01. The highest BCUT2D eigenvalue weighted by molar-refractivity contribution is 4.75. The molecular weight excluding hydrogens is 148 g/mol. The number of aliphatic hydroxyl groups is 1. The van der Waals surface area contributed by atoms with Gasteiger partial charge in [-0.15, -0.1) is 0 Å². The lowest BCUT2D eigenvalue weighted by Crippen LogP contribution is -2.43. The lowest BCUT2D eigenvalue weighted by Gasteiger charge is -2.31. The molecular formula is C7H14O4. The molecule has 0 aromatic carbocycles. The van der Waals surface area contributed by atoms with Crippen molar-refractivity contribution in [2.24, 2.45) is 0 Å². The highest BCUT2D eigenvalue weighted by atomic mass is 16.6. The predicted molar refractivity (Wildman–Crippen MR) is 38.2 cm³/mol. The third kappa shape index (κ3) is 2.13. The van der Waals surface area contributed by atoms with E-state index in [0.29, 0.717) is 13.0 Å². The van der Waals surface area contributed by atoms with Gasteiger partial charge in [0.1, 0.15) is 6.10 Å². The molecule has 4 heteroatoms. The van der Waals surface area contributed by atoms with Gasteiger partial charge in [0.05, 0.1) is 12.7 Å². The molecule has 66 valence electrons. The van der Waals surface area contributed by atoms with E-state index in [1.165, 1.54) is 0 Å². The van der Waals surface area contributed by atoms with Gasteiger partial charge >= 0.3 is 0 Å². The zero-order valence-electron chi connectivity index (χ0n) is 6.82. The minimum atomic E-state index is -0.702. The van der Waals surface area contributed by atoms with Crippen molar-refractivity contribution in [1.82, 2.24) is 0 Å². The molecule has 1 aliphatic heterocycles. The molecule has 3 atom stereocenters. The van der Waals surface area contributed by atoms with Crippen molar-refractivity contribution in [3.8, 4) is 0 Å². The Bertz CT molecular complexity index is 117. The van der Waals surface area contributed by atoms with Crippen LogP contribution >= 0.6 is 0 Å². The SMILES string of the molecule is CO[C@H]1C[C@@H](O)OC[C@H]1OC. The fraction of sp³-hybridized carbons (Fsp3) is 1.00. The third-order valence-corrected chi connectivity index (χ3v) is 1.91. The van der Waals surface area contributed by atoms with Gasteiger partial charge < -0.3 is 19.3 Å². The molecule has 1 fully saturated rings. The number of hydrogen-bond donors (Lipinski definition) is 1. The van der Waals surface area contributed by atoms with Crippen LogP contribution in [0.15, 0.2) is 0 Å². The molecule has 1 N–H and O–H groups in total. The van der Waals surface area contributed by atoms with Crippen LogP contribution in [-0.4, -0.2) is 44.4 Å². The Morgan fingerprint density at radius 3 is 2.45 bits per heavy atom. The number of hydrogen-bond acceptors (Lipinski definition) is 4. The molecule has 0 amide bonds. The van der Waals surface area contributed by atoms with E-state index in [4.69, 9.17) is 19.3 Å². The topological polar surface area (TPSA) is 47.9 Å². The molecule has 0 saturated carbocycles. The van der Waals surface area contributed by atoms with Crippen LogP contribution < -0.4 is 0 Å². The molecule has 0 radical (unpaired) electrons. The molecule has 1 heterocycles. The zero-order chi connectivity index (χ0) is 8.27. The van der Waals surface area contributed by atoms with Crippen LogP contribution in [0.2, 0.25) is 0 Å². The standard InChI is InChI=1S/C7H14O4/c1-9-5-3-7(8)11-4-6(5)10-2/h5-8H,3-4H2,1-2H3/t5-,6+,7-/m0/s1. The summed E-state index contributed by atoms with van der Waals surface area (Å²) in [6.07, 6.45) is -0.326. The van der Waals surface area contributed by atoms with E-state index in [-0.39, 0.29) is 12.2 Å². The highest BCUT2D eigenvalue weighted by Gasteiger charge is 2.29. The minimum absolute atomic E-state index is 0.0521. The zero-order valence-corrected chi connectivity index (χ0v) is 6.82. The van der Waals surface area contributed by atoms with Crippen LogP contribution in [0.4, 0.5) is 0 Å². The van der Waals surface area contributed by atoms with Crippen LogP contribution in [0, 0.1) is 0 Å². The first-order valence-electron chi connectivity index (χ1n) is 3.63. The van der Waals surface area contributed by atoms with Crippen molar-refractivity contribution in [2.75, 3.05) is 20.8 Å². The maximum atomic E-state index is 9.07. The van der Waals surface area contributed by atoms with Gasteiger partial charge in [-0.1, -0.05) is 0 Å². The van der Waals surface area contributed by atoms with Crippen LogP contribution in [0.5, 0.6) is 0 Å². The van der Waals surface area contributed by atoms with Crippen LogP contribution in [0.25, 0.3) is 0 Å². The average molecular weight is 162 g/mol. The maximum Gasteiger partial charge on any atom is 0.157 e. The van der Waals surface area contributed by atoms with Gasteiger partial charge in [0, 0.05) is 20.6 Å². The van der Waals surface area contributed by atoms with Gasteiger partial charge in [-0.2, -0.15) is 0 Å². The molecule has 1 saturated heterocycles. The van der Waals surface area contributed by atoms with Crippen molar-refractivity contribution >= 4 is 0 Å². The molecule has 0 spiro atoms. The molecule has 0 aromatic heterocycles. The van der Waals surface area contributed by atoms with Gasteiger partial charge in [-0.3, -0.25) is 0 Å². The Morgan fingerprint density at radius 1 is 1.27 bits per heavy atom. The number of ether oxygens (including phenoxy) is 3. The third-order valence-electron chi connectivity index (χ3n) is 1.91. The Hall–Kier alpha value is -0.160. The van der Waals surface area contributed by atoms with Gasteiger partial charge in [-0.05, 0) is 0 Å². The van der Waals surface area contributed by atoms with Crippen LogP contribution in [0.3, 0.4) is 0 Å². The van der Waals surface area contributed by atoms with Gasteiger partial charge in [0.25, 0.3) is 0 Å². The fourth-order valence-electron chi connectivity index (χ4n) is 1.20. The second-order valence-electron chi connectivity index (χ2n) is 2.57. The summed E-state index contributed by atoms with van der Waals surface area (Å²) >= 11 is 0. The smallest absolute Gasteiger partial charge is 0.157 e. The van der Waals surface area contributed by atoms with E-state index in [1.807, 2.05) is 0 Å². The molecule has 0 unspecified atom stereocenters. The Balaban J connectivity index is 2.41. The van der Waals surface area contributed by atoms with Gasteiger partial charge in [0.15, 0.2) is 6.29 Å². The monoisotopic (exact) mass is 162 g/mol. The summed E-state index contributed by atoms with van der Waals surface area (Å²) in [6, 6.07) is 0. The fourth-order valence-corrected chi connectivity index (χ4v) is 1.20. The first kappa shape index (κ1) is 8.93. The van der Waals surface area contributed by atoms with E-state index in [2.05, 4.69) is 0 Å². The van der Waals surface area contributed by atoms with Crippen molar-refractivity contribution < 1.29 is 19.3 Å². The van der Waals surface area contributed by atoms with Gasteiger partial charge in [0.2, 0.25) is 0 Å². The van der Waals surface area contributed by atoms with Crippen molar-refractivity contribution in [1.29, 1.82) is 0 Å². The Kier molecular flexibility index (Phi) is 3.26. The van der Waals surface area contributed by atoms with Crippen molar-refractivity contribution in [2.45, 2.75) is 24.9 Å². The van der Waals surface area contributed by atoms with E-state index >= 15 is 0 Å². The molecule has 0 aromatic rings. The average Bonchev–Trinajstić information content (AvgIpc) is 2.04. The van der Waals surface area contributed by atoms with E-state index in [0.717, 1.165) is 0 Å². The molecule has 4 nitrogen and oxygen atoms in total.